The Labute approximate surface area is 155 Å². The van der Waals surface area contributed by atoms with Gasteiger partial charge in [0.25, 0.3) is 0 Å². The van der Waals surface area contributed by atoms with Gasteiger partial charge in [0.15, 0.2) is 17.2 Å². The molecule has 11 nitrogen and oxygen atoms in total. The quantitative estimate of drug-likeness (QED) is 0.593. The molecule has 1 aliphatic rings. The van der Waals surface area contributed by atoms with Gasteiger partial charge >= 0.3 is 5.97 Å². The van der Waals surface area contributed by atoms with Crippen molar-refractivity contribution in [2.45, 2.75) is 6.10 Å². The predicted molar refractivity (Wildman–Crippen MR) is 94.5 cm³/mol. The lowest BCUT2D eigenvalue weighted by Gasteiger charge is -2.24. The summed E-state index contributed by atoms with van der Waals surface area (Å²) < 4.78 is 10.4. The number of nitrogens with one attached hydrogen (secondary N) is 3. The zero-order valence-electron chi connectivity index (χ0n) is 14.6. The van der Waals surface area contributed by atoms with Crippen molar-refractivity contribution in [2.75, 3.05) is 44.0 Å². The summed E-state index contributed by atoms with van der Waals surface area (Å²) in [5.74, 6) is 0.143. The average molecular weight is 370 g/mol. The smallest absolute Gasteiger partial charge is 0.360 e. The van der Waals surface area contributed by atoms with Gasteiger partial charge in [0.05, 0.1) is 37.9 Å². The van der Waals surface area contributed by atoms with Gasteiger partial charge in [-0.2, -0.15) is 5.26 Å². The summed E-state index contributed by atoms with van der Waals surface area (Å²) >= 11 is 0. The van der Waals surface area contributed by atoms with Gasteiger partial charge in [0.1, 0.15) is 11.9 Å². The molecular formula is C16H18N8O3. The van der Waals surface area contributed by atoms with Gasteiger partial charge in [0, 0.05) is 25.7 Å². The van der Waals surface area contributed by atoms with Gasteiger partial charge in [-0.05, 0) is 0 Å². The number of morpholine rings is 1. The number of aromatic nitrogens is 4. The molecule has 0 unspecified atom stereocenters. The number of anilines is 3. The molecule has 0 amide bonds. The largest absolute Gasteiger partial charge is 0.464 e. The van der Waals surface area contributed by atoms with Crippen molar-refractivity contribution >= 4 is 23.3 Å². The van der Waals surface area contributed by atoms with Gasteiger partial charge in [-0.1, -0.05) is 0 Å². The molecule has 0 saturated carbocycles. The van der Waals surface area contributed by atoms with E-state index in [9.17, 15) is 4.79 Å². The molecule has 3 rings (SSSR count). The predicted octanol–water partition coefficient (Wildman–Crippen LogP) is 0.0688. The molecule has 0 radical (unpaired) electrons. The summed E-state index contributed by atoms with van der Waals surface area (Å²) in [6.07, 6.45) is 2.71. The van der Waals surface area contributed by atoms with Gasteiger partial charge in [-0.25, -0.2) is 14.8 Å². The Morgan fingerprint density at radius 3 is 2.96 bits per heavy atom. The van der Waals surface area contributed by atoms with Crippen molar-refractivity contribution in [1.82, 2.24) is 25.5 Å². The molecule has 0 bridgehead atoms. The minimum absolute atomic E-state index is 0.0294. The number of nitrogens with zero attached hydrogens (tertiary/aromatic N) is 5. The number of ether oxygens (including phenoxy) is 2. The van der Waals surface area contributed by atoms with Crippen molar-refractivity contribution < 1.29 is 14.3 Å². The number of carbonyl (C=O) groups excluding carboxylic acids is 1. The van der Waals surface area contributed by atoms with E-state index in [4.69, 9.17) is 14.7 Å². The number of esters is 1. The third kappa shape index (κ3) is 4.84. The fourth-order valence-electron chi connectivity index (χ4n) is 2.39. The Hall–Kier alpha value is -3.36. The summed E-state index contributed by atoms with van der Waals surface area (Å²) in [5.41, 5.74) is 0.726. The van der Waals surface area contributed by atoms with Crippen molar-refractivity contribution in [3.05, 3.63) is 29.8 Å². The molecule has 1 aliphatic heterocycles. The highest BCUT2D eigenvalue weighted by Gasteiger charge is 2.19. The summed E-state index contributed by atoms with van der Waals surface area (Å²) in [4.78, 5) is 19.9. The first-order valence-corrected chi connectivity index (χ1v) is 8.21. The molecule has 2 aromatic heterocycles. The van der Waals surface area contributed by atoms with Gasteiger partial charge in [0.2, 0.25) is 0 Å². The molecule has 1 fully saturated rings. The van der Waals surface area contributed by atoms with E-state index < -0.39 is 5.97 Å². The molecule has 0 spiro atoms. The highest BCUT2D eigenvalue weighted by atomic mass is 16.5. The molecule has 3 N–H and O–H groups in total. The Morgan fingerprint density at radius 1 is 1.41 bits per heavy atom. The van der Waals surface area contributed by atoms with E-state index in [1.54, 1.807) is 6.07 Å². The standard InChI is InChI=1S/C16H18N8O3/c1-26-16(25)15-12(20-8-11-7-18-2-3-27-11)4-13(23-24-15)22-14-9-19-10(5-17)6-21-14/h4,6,9,11,18H,2-3,7-8H2,1H3,(H2,20,21,22,23)/t11-/m1/s1. The molecule has 11 heteroatoms. The van der Waals surface area contributed by atoms with Crippen LogP contribution in [0.1, 0.15) is 16.2 Å². The summed E-state index contributed by atoms with van der Waals surface area (Å²) in [6.45, 7) is 2.65. The molecule has 140 valence electrons. The molecule has 1 atom stereocenters. The molecule has 2 aromatic rings. The second-order valence-corrected chi connectivity index (χ2v) is 5.58. The van der Waals surface area contributed by atoms with Crippen LogP contribution in [-0.2, 0) is 9.47 Å². The highest BCUT2D eigenvalue weighted by Crippen LogP contribution is 2.20. The van der Waals surface area contributed by atoms with E-state index in [-0.39, 0.29) is 17.5 Å². The van der Waals surface area contributed by atoms with Crippen molar-refractivity contribution in [3.63, 3.8) is 0 Å². The fraction of sp³-hybridized carbons (Fsp3) is 0.375. The number of rotatable bonds is 6. The van der Waals surface area contributed by atoms with E-state index in [1.165, 1.54) is 19.5 Å². The number of methoxy groups -OCH3 is 1. The third-order valence-electron chi connectivity index (χ3n) is 3.72. The lowest BCUT2D eigenvalue weighted by atomic mass is 10.2. The molecule has 0 aromatic carbocycles. The first-order chi connectivity index (χ1) is 13.2. The Balaban J connectivity index is 1.76. The van der Waals surface area contributed by atoms with Gasteiger partial charge in [-0.3, -0.25) is 0 Å². The van der Waals surface area contributed by atoms with E-state index >= 15 is 0 Å². The molecule has 27 heavy (non-hydrogen) atoms. The molecule has 3 heterocycles. The van der Waals surface area contributed by atoms with E-state index in [1.807, 2.05) is 6.07 Å². The third-order valence-corrected chi connectivity index (χ3v) is 3.72. The summed E-state index contributed by atoms with van der Waals surface area (Å²) in [6, 6.07) is 3.51. The SMILES string of the molecule is COC(=O)c1nnc(Nc2cnc(C#N)cn2)cc1NC[C@H]1CNCCO1. The number of nitriles is 1. The second-order valence-electron chi connectivity index (χ2n) is 5.58. The summed E-state index contributed by atoms with van der Waals surface area (Å²) in [7, 11) is 1.28. The zero-order chi connectivity index (χ0) is 19.1. The molecular weight excluding hydrogens is 352 g/mol. The van der Waals surface area contributed by atoms with E-state index in [0.717, 1.165) is 6.54 Å². The lowest BCUT2D eigenvalue weighted by Crippen LogP contribution is -2.42. The van der Waals surface area contributed by atoms with Crippen LogP contribution in [0.25, 0.3) is 0 Å². The summed E-state index contributed by atoms with van der Waals surface area (Å²) in [5, 5.41) is 26.0. The maximum Gasteiger partial charge on any atom is 0.360 e. The van der Waals surface area contributed by atoms with Crippen molar-refractivity contribution in [1.29, 1.82) is 5.26 Å². The Bertz CT molecular complexity index is 831. The van der Waals surface area contributed by atoms with E-state index in [0.29, 0.717) is 37.0 Å². The van der Waals surface area contributed by atoms with Crippen LogP contribution in [0.5, 0.6) is 0 Å². The minimum atomic E-state index is -0.600. The van der Waals surface area contributed by atoms with Crippen molar-refractivity contribution in [2.24, 2.45) is 0 Å². The van der Waals surface area contributed by atoms with Crippen LogP contribution in [0.3, 0.4) is 0 Å². The first-order valence-electron chi connectivity index (χ1n) is 8.21. The average Bonchev–Trinajstić information content (AvgIpc) is 2.73. The van der Waals surface area contributed by atoms with E-state index in [2.05, 4.69) is 36.1 Å². The molecule has 0 aliphatic carbocycles. The molecule has 1 saturated heterocycles. The zero-order valence-corrected chi connectivity index (χ0v) is 14.6. The first kappa shape index (κ1) is 18.4. The Morgan fingerprint density at radius 2 is 2.30 bits per heavy atom. The lowest BCUT2D eigenvalue weighted by molar-refractivity contribution is 0.0371. The number of carbonyl (C=O) groups is 1. The topological polar surface area (TPSA) is 147 Å². The number of hydrogen-bond acceptors (Lipinski definition) is 11. The number of hydrogen-bond donors (Lipinski definition) is 3. The van der Waals surface area contributed by atoms with Crippen LogP contribution < -0.4 is 16.0 Å². The van der Waals surface area contributed by atoms with Crippen LogP contribution in [0, 0.1) is 11.3 Å². The van der Waals surface area contributed by atoms with Gasteiger partial charge < -0.3 is 25.4 Å². The Kier molecular flexibility index (Phi) is 6.03. The van der Waals surface area contributed by atoms with Crippen LogP contribution in [0.15, 0.2) is 18.5 Å². The second kappa shape index (κ2) is 8.84. The minimum Gasteiger partial charge on any atom is -0.464 e. The van der Waals surface area contributed by atoms with Crippen LogP contribution in [0.4, 0.5) is 17.3 Å². The monoisotopic (exact) mass is 370 g/mol. The fourth-order valence-corrected chi connectivity index (χ4v) is 2.39. The van der Waals surface area contributed by atoms with Crippen LogP contribution >= 0.6 is 0 Å². The van der Waals surface area contributed by atoms with Crippen LogP contribution in [-0.4, -0.2) is 65.6 Å². The highest BCUT2D eigenvalue weighted by molar-refractivity contribution is 5.93. The normalized spacial score (nSPS) is 16.2. The van der Waals surface area contributed by atoms with Crippen molar-refractivity contribution in [3.8, 4) is 6.07 Å². The van der Waals surface area contributed by atoms with Crippen LogP contribution in [0.2, 0.25) is 0 Å². The maximum atomic E-state index is 11.9. The van der Waals surface area contributed by atoms with Gasteiger partial charge in [-0.15, -0.1) is 10.2 Å². The maximum absolute atomic E-state index is 11.9.